The molecule has 1 amide bonds. The quantitative estimate of drug-likeness (QED) is 0.671. The van der Waals surface area contributed by atoms with Crippen molar-refractivity contribution in [2.24, 2.45) is 4.99 Å². The fourth-order valence-corrected chi connectivity index (χ4v) is 4.22. The van der Waals surface area contributed by atoms with Gasteiger partial charge in [0.2, 0.25) is 5.91 Å². The zero-order valence-corrected chi connectivity index (χ0v) is 17.5. The third-order valence-corrected chi connectivity index (χ3v) is 5.39. The maximum Gasteiger partial charge on any atom is 0.338 e. The van der Waals surface area contributed by atoms with Crippen molar-refractivity contribution in [1.82, 2.24) is 4.90 Å². The lowest BCUT2D eigenvalue weighted by Crippen LogP contribution is -2.46. The second-order valence-corrected chi connectivity index (χ2v) is 8.09. The van der Waals surface area contributed by atoms with E-state index >= 15 is 0 Å². The molecule has 1 aromatic carbocycles. The normalized spacial score (nSPS) is 19.5. The summed E-state index contributed by atoms with van der Waals surface area (Å²) in [5, 5.41) is 0.645. The van der Waals surface area contributed by atoms with Crippen LogP contribution in [0.5, 0.6) is 5.75 Å². The molecule has 0 unspecified atom stereocenters. The molecule has 2 aliphatic rings. The number of allylic oxidation sites excluding steroid dienone is 1. The van der Waals surface area contributed by atoms with Crippen molar-refractivity contribution in [2.75, 3.05) is 12.4 Å². The average molecular weight is 403 g/mol. The number of hydrogen-bond donors (Lipinski definition) is 0. The van der Waals surface area contributed by atoms with E-state index < -0.39 is 12.0 Å². The van der Waals surface area contributed by atoms with Gasteiger partial charge < -0.3 is 9.47 Å². The summed E-state index contributed by atoms with van der Waals surface area (Å²) in [6.07, 6.45) is 1.09. The van der Waals surface area contributed by atoms with Gasteiger partial charge in [0.15, 0.2) is 5.17 Å². The van der Waals surface area contributed by atoms with E-state index in [2.05, 4.69) is 11.9 Å². The molecule has 6 nitrogen and oxygen atoms in total. The van der Waals surface area contributed by atoms with Crippen molar-refractivity contribution in [3.8, 4) is 5.75 Å². The number of carbonyl (C=O) groups excluding carboxylic acids is 2. The van der Waals surface area contributed by atoms with E-state index in [0.717, 1.165) is 17.7 Å². The summed E-state index contributed by atoms with van der Waals surface area (Å²) in [5.74, 6) is 0.997. The number of thioether (sulfide) groups is 1. The molecule has 1 saturated heterocycles. The van der Waals surface area contributed by atoms with Crippen LogP contribution in [0.25, 0.3) is 0 Å². The van der Waals surface area contributed by atoms with Crippen LogP contribution in [0.1, 0.15) is 52.1 Å². The van der Waals surface area contributed by atoms with Crippen LogP contribution in [0, 0.1) is 0 Å². The molecular formula is C21H26N2O4S. The van der Waals surface area contributed by atoms with E-state index in [4.69, 9.17) is 9.47 Å². The smallest absolute Gasteiger partial charge is 0.338 e. The highest BCUT2D eigenvalue weighted by molar-refractivity contribution is 8.14. The van der Waals surface area contributed by atoms with Crippen molar-refractivity contribution in [3.63, 3.8) is 0 Å². The molecule has 0 saturated carbocycles. The zero-order chi connectivity index (χ0) is 20.3. The van der Waals surface area contributed by atoms with Crippen LogP contribution in [0.3, 0.4) is 0 Å². The summed E-state index contributed by atoms with van der Waals surface area (Å²) in [6.45, 7) is 8.11. The SMILES string of the molecule is CCCOc1ccc([C@@H]2C(C(=O)OC(C)C)=C(C)N=C3SCCC(=O)N32)cc1. The fourth-order valence-electron chi connectivity index (χ4n) is 3.22. The monoisotopic (exact) mass is 402 g/mol. The molecule has 2 aliphatic heterocycles. The summed E-state index contributed by atoms with van der Waals surface area (Å²) < 4.78 is 11.1. The van der Waals surface area contributed by atoms with Crippen LogP contribution in [-0.4, -0.2) is 40.4 Å². The van der Waals surface area contributed by atoms with Gasteiger partial charge in [0.1, 0.15) is 5.75 Å². The Bertz CT molecular complexity index is 814. The third-order valence-electron chi connectivity index (χ3n) is 4.44. The van der Waals surface area contributed by atoms with E-state index in [-0.39, 0.29) is 12.0 Å². The maximum absolute atomic E-state index is 12.9. The number of aliphatic imine (C=N–C) groups is 1. The minimum Gasteiger partial charge on any atom is -0.494 e. The van der Waals surface area contributed by atoms with Gasteiger partial charge in [0.25, 0.3) is 0 Å². The van der Waals surface area contributed by atoms with Gasteiger partial charge in [-0.2, -0.15) is 0 Å². The molecular weight excluding hydrogens is 376 g/mol. The summed E-state index contributed by atoms with van der Waals surface area (Å²) in [4.78, 5) is 31.8. The molecule has 0 spiro atoms. The number of benzene rings is 1. The molecule has 2 heterocycles. The molecule has 0 radical (unpaired) electrons. The van der Waals surface area contributed by atoms with Crippen LogP contribution in [0.15, 0.2) is 40.5 Å². The standard InChI is InChI=1S/C21H26N2O4S/c1-5-11-26-16-8-6-15(7-9-16)19-18(20(25)27-13(2)3)14(4)22-21-23(19)17(24)10-12-28-21/h6-9,13,19H,5,10-12H2,1-4H3/t19-/m1/s1. The summed E-state index contributed by atoms with van der Waals surface area (Å²) >= 11 is 1.54. The highest BCUT2D eigenvalue weighted by Crippen LogP contribution is 2.40. The number of amidine groups is 1. The predicted octanol–water partition coefficient (Wildman–Crippen LogP) is 4.08. The van der Waals surface area contributed by atoms with E-state index in [1.165, 1.54) is 11.8 Å². The van der Waals surface area contributed by atoms with Gasteiger partial charge in [-0.1, -0.05) is 30.8 Å². The largest absolute Gasteiger partial charge is 0.494 e. The van der Waals surface area contributed by atoms with Crippen LogP contribution >= 0.6 is 11.8 Å². The second-order valence-electron chi connectivity index (χ2n) is 7.03. The minimum atomic E-state index is -0.542. The highest BCUT2D eigenvalue weighted by atomic mass is 32.2. The Hall–Kier alpha value is -2.28. The number of amides is 1. The molecule has 150 valence electrons. The molecule has 1 fully saturated rings. The topological polar surface area (TPSA) is 68.2 Å². The number of carbonyl (C=O) groups is 2. The molecule has 3 rings (SSSR count). The molecule has 1 aromatic rings. The first kappa shape index (κ1) is 20.5. The number of nitrogens with zero attached hydrogens (tertiary/aromatic N) is 2. The lowest BCUT2D eigenvalue weighted by Gasteiger charge is -2.39. The van der Waals surface area contributed by atoms with Gasteiger partial charge in [-0.15, -0.1) is 0 Å². The molecule has 0 aromatic heterocycles. The lowest BCUT2D eigenvalue weighted by molar-refractivity contribution is -0.143. The fraction of sp³-hybridized carbons (Fsp3) is 0.476. The van der Waals surface area contributed by atoms with Crippen molar-refractivity contribution in [1.29, 1.82) is 0 Å². The Morgan fingerprint density at radius 3 is 2.68 bits per heavy atom. The van der Waals surface area contributed by atoms with Gasteiger partial charge in [0.05, 0.1) is 30.0 Å². The Morgan fingerprint density at radius 2 is 2.04 bits per heavy atom. The first-order valence-electron chi connectivity index (χ1n) is 9.60. The number of rotatable bonds is 6. The Balaban J connectivity index is 2.03. The lowest BCUT2D eigenvalue weighted by atomic mass is 9.94. The predicted molar refractivity (Wildman–Crippen MR) is 110 cm³/mol. The first-order valence-corrected chi connectivity index (χ1v) is 10.6. The molecule has 0 aliphatic carbocycles. The molecule has 1 atom stereocenters. The molecule has 7 heteroatoms. The third kappa shape index (κ3) is 4.24. The molecule has 0 bridgehead atoms. The van der Waals surface area contributed by atoms with E-state index in [1.807, 2.05) is 38.1 Å². The van der Waals surface area contributed by atoms with Gasteiger partial charge >= 0.3 is 5.97 Å². The van der Waals surface area contributed by atoms with E-state index in [0.29, 0.717) is 35.2 Å². The second kappa shape index (κ2) is 8.82. The molecule has 0 N–H and O–H groups in total. The van der Waals surface area contributed by atoms with Crippen molar-refractivity contribution < 1.29 is 19.1 Å². The number of fused-ring (bicyclic) bond motifs is 1. The van der Waals surface area contributed by atoms with Crippen LogP contribution in [0.4, 0.5) is 0 Å². The first-order chi connectivity index (χ1) is 13.4. The Morgan fingerprint density at radius 1 is 1.32 bits per heavy atom. The van der Waals surface area contributed by atoms with Crippen LogP contribution in [-0.2, 0) is 14.3 Å². The van der Waals surface area contributed by atoms with Crippen LogP contribution < -0.4 is 4.74 Å². The summed E-state index contributed by atoms with van der Waals surface area (Å²) in [5.41, 5.74) is 1.84. The Kier molecular flexibility index (Phi) is 6.44. The van der Waals surface area contributed by atoms with Gasteiger partial charge in [-0.05, 0) is 44.9 Å². The summed E-state index contributed by atoms with van der Waals surface area (Å²) in [6, 6.07) is 7.01. The van der Waals surface area contributed by atoms with Gasteiger partial charge in [0, 0.05) is 12.2 Å². The van der Waals surface area contributed by atoms with E-state index in [9.17, 15) is 9.59 Å². The average Bonchev–Trinajstić information content (AvgIpc) is 2.65. The van der Waals surface area contributed by atoms with Gasteiger partial charge in [-0.25, -0.2) is 9.79 Å². The number of hydrogen-bond acceptors (Lipinski definition) is 6. The van der Waals surface area contributed by atoms with Crippen LogP contribution in [0.2, 0.25) is 0 Å². The zero-order valence-electron chi connectivity index (χ0n) is 16.7. The van der Waals surface area contributed by atoms with Gasteiger partial charge in [-0.3, -0.25) is 9.69 Å². The van der Waals surface area contributed by atoms with Crippen molar-refractivity contribution in [2.45, 2.75) is 52.7 Å². The number of ether oxygens (including phenoxy) is 2. The maximum atomic E-state index is 12.9. The molecule has 28 heavy (non-hydrogen) atoms. The Labute approximate surface area is 170 Å². The highest BCUT2D eigenvalue weighted by Gasteiger charge is 2.41. The van der Waals surface area contributed by atoms with Crippen molar-refractivity contribution in [3.05, 3.63) is 41.1 Å². The van der Waals surface area contributed by atoms with Crippen molar-refractivity contribution >= 4 is 28.8 Å². The van der Waals surface area contributed by atoms with E-state index in [1.54, 1.807) is 11.8 Å². The number of esters is 1. The minimum absolute atomic E-state index is 0.0313. The summed E-state index contributed by atoms with van der Waals surface area (Å²) in [7, 11) is 0.